The summed E-state index contributed by atoms with van der Waals surface area (Å²) in [6.07, 6.45) is 8.82. The van der Waals surface area contributed by atoms with Crippen molar-refractivity contribution in [3.8, 4) is 11.3 Å². The first-order valence-corrected chi connectivity index (χ1v) is 10.8. The molecule has 1 aliphatic rings. The Bertz CT molecular complexity index is 1320. The van der Waals surface area contributed by atoms with E-state index < -0.39 is 10.0 Å². The van der Waals surface area contributed by atoms with Gasteiger partial charge < -0.3 is 0 Å². The monoisotopic (exact) mass is 381 g/mol. The summed E-state index contributed by atoms with van der Waals surface area (Å²) in [5.74, 6) is 0. The van der Waals surface area contributed by atoms with Gasteiger partial charge >= 0.3 is 0 Å². The normalized spacial score (nSPS) is 14.7. The van der Waals surface area contributed by atoms with Gasteiger partial charge in [0.25, 0.3) is 10.0 Å². The summed E-state index contributed by atoms with van der Waals surface area (Å²) in [5, 5.41) is 13.2. The van der Waals surface area contributed by atoms with Crippen LogP contribution in [0.15, 0.2) is 24.5 Å². The van der Waals surface area contributed by atoms with E-state index in [1.54, 1.807) is 12.3 Å². The molecule has 1 aliphatic carbocycles. The quantitative estimate of drug-likeness (QED) is 0.576. The smallest absolute Gasteiger partial charge is 0.251 e. The topological polar surface area (TPSA) is 93.5 Å². The van der Waals surface area contributed by atoms with E-state index in [2.05, 4.69) is 15.3 Å². The van der Waals surface area contributed by atoms with E-state index in [4.69, 9.17) is 4.98 Å². The van der Waals surface area contributed by atoms with Gasteiger partial charge in [0.05, 0.1) is 35.4 Å². The van der Waals surface area contributed by atoms with Crippen molar-refractivity contribution in [1.82, 2.24) is 24.4 Å². The zero-order valence-corrected chi connectivity index (χ0v) is 16.0. The molecule has 1 N–H and O–H groups in total. The average molecular weight is 381 g/mol. The van der Waals surface area contributed by atoms with Crippen molar-refractivity contribution in [2.45, 2.75) is 32.6 Å². The lowest BCUT2D eigenvalue weighted by Gasteiger charge is -2.21. The van der Waals surface area contributed by atoms with Crippen LogP contribution in [0.3, 0.4) is 0 Å². The van der Waals surface area contributed by atoms with Gasteiger partial charge in [-0.2, -0.15) is 14.3 Å². The number of hydrogen-bond donors (Lipinski definition) is 1. The van der Waals surface area contributed by atoms with Crippen LogP contribution in [0, 0.1) is 6.92 Å². The fourth-order valence-corrected chi connectivity index (χ4v) is 4.92. The van der Waals surface area contributed by atoms with E-state index >= 15 is 0 Å². The minimum Gasteiger partial charge on any atom is -0.282 e. The van der Waals surface area contributed by atoms with E-state index in [0.717, 1.165) is 63.0 Å². The Morgan fingerprint density at radius 1 is 1.11 bits per heavy atom. The van der Waals surface area contributed by atoms with Crippen LogP contribution in [0.25, 0.3) is 33.1 Å². The van der Waals surface area contributed by atoms with Crippen molar-refractivity contribution < 1.29 is 8.42 Å². The molecule has 5 rings (SSSR count). The summed E-state index contributed by atoms with van der Waals surface area (Å²) >= 11 is 0. The first-order chi connectivity index (χ1) is 12.9. The number of aryl methyl sites for hydroxylation is 2. The summed E-state index contributed by atoms with van der Waals surface area (Å²) in [7, 11) is -3.45. The highest BCUT2D eigenvalue weighted by Gasteiger charge is 2.23. The Morgan fingerprint density at radius 3 is 2.59 bits per heavy atom. The molecule has 0 radical (unpaired) electrons. The maximum Gasteiger partial charge on any atom is 0.251 e. The lowest BCUT2D eigenvalue weighted by Crippen LogP contribution is -2.11. The number of rotatable bonds is 2. The van der Waals surface area contributed by atoms with Crippen molar-refractivity contribution in [3.05, 3.63) is 41.3 Å². The van der Waals surface area contributed by atoms with E-state index in [-0.39, 0.29) is 0 Å². The first kappa shape index (κ1) is 16.4. The highest BCUT2D eigenvalue weighted by molar-refractivity contribution is 7.89. The van der Waals surface area contributed by atoms with Gasteiger partial charge in [0.2, 0.25) is 0 Å². The molecule has 0 fully saturated rings. The molecule has 7 nitrogen and oxygen atoms in total. The largest absolute Gasteiger partial charge is 0.282 e. The molecule has 0 saturated heterocycles. The number of hydrogen-bond acceptors (Lipinski definition) is 5. The molecule has 0 atom stereocenters. The molecule has 0 bridgehead atoms. The molecule has 0 spiro atoms. The van der Waals surface area contributed by atoms with Gasteiger partial charge in [-0.15, -0.1) is 0 Å². The summed E-state index contributed by atoms with van der Waals surface area (Å²) in [4.78, 5) is 4.97. The van der Waals surface area contributed by atoms with Gasteiger partial charge in [0, 0.05) is 22.0 Å². The van der Waals surface area contributed by atoms with Crippen LogP contribution >= 0.6 is 0 Å². The molecule has 3 heterocycles. The zero-order chi connectivity index (χ0) is 18.8. The highest BCUT2D eigenvalue weighted by atomic mass is 32.2. The van der Waals surface area contributed by atoms with Crippen LogP contribution < -0.4 is 0 Å². The van der Waals surface area contributed by atoms with Crippen LogP contribution in [0.1, 0.15) is 29.7 Å². The Labute approximate surface area is 156 Å². The second kappa shape index (κ2) is 5.63. The third-order valence-electron chi connectivity index (χ3n) is 5.39. The second-order valence-electron chi connectivity index (χ2n) is 7.18. The molecule has 0 aliphatic heterocycles. The molecule has 0 amide bonds. The predicted octanol–water partition coefficient (Wildman–Crippen LogP) is 2.97. The van der Waals surface area contributed by atoms with Crippen molar-refractivity contribution in [2.75, 3.05) is 6.26 Å². The van der Waals surface area contributed by atoms with Gasteiger partial charge in [-0.3, -0.25) is 5.10 Å². The molecule has 138 valence electrons. The highest BCUT2D eigenvalue weighted by Crippen LogP contribution is 2.38. The van der Waals surface area contributed by atoms with Crippen molar-refractivity contribution >= 4 is 31.8 Å². The maximum atomic E-state index is 12.1. The van der Waals surface area contributed by atoms with Gasteiger partial charge in [0.15, 0.2) is 0 Å². The van der Waals surface area contributed by atoms with Gasteiger partial charge in [0.1, 0.15) is 0 Å². The van der Waals surface area contributed by atoms with Gasteiger partial charge in [-0.25, -0.2) is 13.4 Å². The number of H-pyrrole nitrogens is 1. The molecule has 0 saturated carbocycles. The number of fused-ring (bicyclic) bond motifs is 5. The predicted molar refractivity (Wildman–Crippen MR) is 104 cm³/mol. The first-order valence-electron chi connectivity index (χ1n) is 8.98. The van der Waals surface area contributed by atoms with Crippen LogP contribution in [0.4, 0.5) is 0 Å². The Balaban J connectivity index is 1.91. The summed E-state index contributed by atoms with van der Waals surface area (Å²) in [6, 6.07) is 3.69. The van der Waals surface area contributed by atoms with Crippen LogP contribution in [0.5, 0.6) is 0 Å². The number of nitrogens with one attached hydrogen (secondary N) is 1. The fraction of sp³-hybridized carbons (Fsp3) is 0.316. The third-order valence-corrected chi connectivity index (χ3v) is 6.30. The molecule has 1 aromatic carbocycles. The summed E-state index contributed by atoms with van der Waals surface area (Å²) in [5.41, 5.74) is 7.00. The molecule has 27 heavy (non-hydrogen) atoms. The molecule has 0 unspecified atom stereocenters. The standard InChI is InChI=1S/C19H19N5O2S/c1-11-14(9-20-23-11)19-13-6-4-3-5-12(13)18-15-10-21-24(27(2,25)26)17(15)8-7-16(18)22-19/h7-10H,3-6H2,1-2H3,(H,20,23). The summed E-state index contributed by atoms with van der Waals surface area (Å²) < 4.78 is 25.2. The Morgan fingerprint density at radius 2 is 1.89 bits per heavy atom. The van der Waals surface area contributed by atoms with Crippen molar-refractivity contribution in [1.29, 1.82) is 0 Å². The van der Waals surface area contributed by atoms with Crippen molar-refractivity contribution in [3.63, 3.8) is 0 Å². The van der Waals surface area contributed by atoms with Crippen LogP contribution in [-0.4, -0.2) is 39.0 Å². The number of aromatic amines is 1. The number of benzene rings is 1. The molecule has 8 heteroatoms. The Hall–Kier alpha value is -2.74. The van der Waals surface area contributed by atoms with Crippen molar-refractivity contribution in [2.24, 2.45) is 0 Å². The second-order valence-corrected chi connectivity index (χ2v) is 8.99. The molecule has 4 aromatic rings. The third kappa shape index (κ3) is 2.39. The SMILES string of the molecule is Cc1[nH]ncc1-c1nc2ccc3c(cnn3S(C)(=O)=O)c2c2c1CCCC2. The molecule has 3 aromatic heterocycles. The lowest BCUT2D eigenvalue weighted by atomic mass is 9.85. The molecular formula is C19H19N5O2S. The minimum atomic E-state index is -3.45. The number of pyridine rings is 1. The van der Waals surface area contributed by atoms with Crippen LogP contribution in [0.2, 0.25) is 0 Å². The van der Waals surface area contributed by atoms with E-state index in [9.17, 15) is 8.42 Å². The fourth-order valence-electron chi connectivity index (χ4n) is 4.18. The molecular weight excluding hydrogens is 362 g/mol. The summed E-state index contributed by atoms with van der Waals surface area (Å²) in [6.45, 7) is 2.00. The van der Waals surface area contributed by atoms with Gasteiger partial charge in [-0.05, 0) is 55.9 Å². The van der Waals surface area contributed by atoms with E-state index in [0.29, 0.717) is 5.52 Å². The van der Waals surface area contributed by atoms with Crippen LogP contribution in [-0.2, 0) is 22.9 Å². The minimum absolute atomic E-state index is 0.604. The van der Waals surface area contributed by atoms with E-state index in [1.165, 1.54) is 17.4 Å². The maximum absolute atomic E-state index is 12.1. The van der Waals surface area contributed by atoms with E-state index in [1.807, 2.05) is 19.2 Å². The lowest BCUT2D eigenvalue weighted by molar-refractivity contribution is 0.588. The number of aromatic nitrogens is 5. The Kier molecular flexibility index (Phi) is 3.42. The average Bonchev–Trinajstić information content (AvgIpc) is 3.26. The van der Waals surface area contributed by atoms with Gasteiger partial charge in [-0.1, -0.05) is 0 Å². The zero-order valence-electron chi connectivity index (χ0n) is 15.2. The number of nitrogens with zero attached hydrogens (tertiary/aromatic N) is 4.